The molecule has 0 saturated heterocycles. The van der Waals surface area contributed by atoms with Gasteiger partial charge in [0.15, 0.2) is 0 Å². The Morgan fingerprint density at radius 2 is 1.95 bits per heavy atom. The lowest BCUT2D eigenvalue weighted by atomic mass is 10.2. The van der Waals surface area contributed by atoms with E-state index in [0.29, 0.717) is 23.8 Å². The molecule has 3 nitrogen and oxygen atoms in total. The maximum Gasteiger partial charge on any atom is 0.255 e. The van der Waals surface area contributed by atoms with E-state index in [4.69, 9.17) is 4.74 Å². The van der Waals surface area contributed by atoms with Crippen LogP contribution in [0.4, 0.5) is 0 Å². The number of hydrogen-bond acceptors (Lipinski definition) is 2. The average molecular weight is 360 g/mol. The predicted octanol–water partition coefficient (Wildman–Crippen LogP) is 4.17. The molecule has 0 aromatic heterocycles. The van der Waals surface area contributed by atoms with Gasteiger partial charge in [-0.3, -0.25) is 4.79 Å². The molecule has 114 valence electrons. The maximum absolute atomic E-state index is 12.3. The molecule has 1 saturated carbocycles. The van der Waals surface area contributed by atoms with Gasteiger partial charge in [0.25, 0.3) is 5.91 Å². The summed E-state index contributed by atoms with van der Waals surface area (Å²) in [6.45, 7) is 1.20. The Balaban J connectivity index is 1.70. The lowest BCUT2D eigenvalue weighted by Crippen LogP contribution is -2.26. The molecule has 0 aliphatic heterocycles. The van der Waals surface area contributed by atoms with E-state index in [1.807, 2.05) is 48.5 Å². The zero-order chi connectivity index (χ0) is 15.4. The summed E-state index contributed by atoms with van der Waals surface area (Å²) in [7, 11) is 0. The number of ether oxygens (including phenoxy) is 1. The summed E-state index contributed by atoms with van der Waals surface area (Å²) in [6, 6.07) is 15.5. The summed E-state index contributed by atoms with van der Waals surface area (Å²) in [4.78, 5) is 12.3. The Labute approximate surface area is 138 Å². The lowest BCUT2D eigenvalue weighted by Gasteiger charge is -2.12. The molecule has 0 unspecified atom stereocenters. The van der Waals surface area contributed by atoms with Gasteiger partial charge in [-0.2, -0.15) is 0 Å². The highest BCUT2D eigenvalue weighted by atomic mass is 79.9. The number of hydrogen-bond donors (Lipinski definition) is 1. The molecule has 1 amide bonds. The fraction of sp³-hybridized carbons (Fsp3) is 0.278. The zero-order valence-electron chi connectivity index (χ0n) is 12.2. The van der Waals surface area contributed by atoms with Crippen LogP contribution in [0.25, 0.3) is 0 Å². The van der Waals surface area contributed by atoms with Crippen molar-refractivity contribution in [1.82, 2.24) is 5.32 Å². The summed E-state index contributed by atoms with van der Waals surface area (Å²) in [5.74, 6) is 1.20. The first-order valence-corrected chi connectivity index (χ1v) is 8.26. The summed E-state index contributed by atoms with van der Waals surface area (Å²) in [5, 5.41) is 2.99. The van der Waals surface area contributed by atoms with E-state index in [9.17, 15) is 4.79 Å². The highest BCUT2D eigenvalue weighted by Gasteiger charge is 2.22. The van der Waals surface area contributed by atoms with E-state index in [1.54, 1.807) is 0 Å². The number of rotatable bonds is 6. The molecule has 22 heavy (non-hydrogen) atoms. The first-order valence-electron chi connectivity index (χ1n) is 7.47. The smallest absolute Gasteiger partial charge is 0.255 e. The minimum atomic E-state index is -0.0729. The van der Waals surface area contributed by atoms with Crippen molar-refractivity contribution in [3.8, 4) is 5.75 Å². The van der Waals surface area contributed by atoms with Crippen molar-refractivity contribution in [2.45, 2.75) is 19.4 Å². The highest BCUT2D eigenvalue weighted by molar-refractivity contribution is 9.10. The minimum absolute atomic E-state index is 0.0729. The van der Waals surface area contributed by atoms with E-state index >= 15 is 0 Å². The fourth-order valence-electron chi connectivity index (χ4n) is 2.20. The van der Waals surface area contributed by atoms with Crippen LogP contribution in [0.1, 0.15) is 28.8 Å². The molecule has 0 heterocycles. The van der Waals surface area contributed by atoms with Crippen molar-refractivity contribution in [2.75, 3.05) is 6.54 Å². The van der Waals surface area contributed by atoms with Crippen LogP contribution in [0.5, 0.6) is 5.75 Å². The summed E-state index contributed by atoms with van der Waals surface area (Å²) >= 11 is 3.42. The first kappa shape index (κ1) is 15.1. The molecule has 0 atom stereocenters. The average Bonchev–Trinajstić information content (AvgIpc) is 3.36. The molecule has 0 spiro atoms. The summed E-state index contributed by atoms with van der Waals surface area (Å²) < 4.78 is 6.71. The van der Waals surface area contributed by atoms with Crippen molar-refractivity contribution in [3.05, 3.63) is 64.1 Å². The SMILES string of the molecule is O=C(NCC1CC1)c1cc(Br)ccc1OCc1ccccc1. The van der Waals surface area contributed by atoms with Gasteiger partial charge in [0, 0.05) is 11.0 Å². The zero-order valence-corrected chi connectivity index (χ0v) is 13.8. The van der Waals surface area contributed by atoms with Gasteiger partial charge in [-0.05, 0) is 42.5 Å². The van der Waals surface area contributed by atoms with E-state index in [1.165, 1.54) is 12.8 Å². The first-order chi connectivity index (χ1) is 10.7. The van der Waals surface area contributed by atoms with Crippen molar-refractivity contribution in [1.29, 1.82) is 0 Å². The van der Waals surface area contributed by atoms with Gasteiger partial charge in [0.05, 0.1) is 5.56 Å². The summed E-state index contributed by atoms with van der Waals surface area (Å²) in [6.07, 6.45) is 2.44. The number of carbonyl (C=O) groups is 1. The van der Waals surface area contributed by atoms with Crippen molar-refractivity contribution < 1.29 is 9.53 Å². The van der Waals surface area contributed by atoms with Gasteiger partial charge in [-0.25, -0.2) is 0 Å². The van der Waals surface area contributed by atoms with Crippen molar-refractivity contribution >= 4 is 21.8 Å². The van der Waals surface area contributed by atoms with Crippen LogP contribution in [0.2, 0.25) is 0 Å². The molecule has 4 heteroatoms. The predicted molar refractivity (Wildman–Crippen MR) is 90.0 cm³/mol. The molecular weight excluding hydrogens is 342 g/mol. The van der Waals surface area contributed by atoms with Crippen LogP contribution in [0.15, 0.2) is 53.0 Å². The number of benzene rings is 2. The molecule has 0 bridgehead atoms. The van der Waals surface area contributed by atoms with E-state index in [-0.39, 0.29) is 5.91 Å². The third-order valence-corrected chi connectivity index (χ3v) is 4.16. The maximum atomic E-state index is 12.3. The molecule has 0 radical (unpaired) electrons. The van der Waals surface area contributed by atoms with E-state index in [2.05, 4.69) is 21.2 Å². The van der Waals surface area contributed by atoms with Crippen LogP contribution in [0.3, 0.4) is 0 Å². The second-order valence-electron chi connectivity index (χ2n) is 5.57. The van der Waals surface area contributed by atoms with Gasteiger partial charge in [-0.15, -0.1) is 0 Å². The second-order valence-corrected chi connectivity index (χ2v) is 6.48. The Bertz CT molecular complexity index is 653. The van der Waals surface area contributed by atoms with Crippen LogP contribution >= 0.6 is 15.9 Å². The molecule has 1 aliphatic rings. The van der Waals surface area contributed by atoms with Crippen LogP contribution in [-0.4, -0.2) is 12.5 Å². The molecule has 2 aromatic rings. The third kappa shape index (κ3) is 4.10. The number of amides is 1. The number of carbonyl (C=O) groups excluding carboxylic acids is 1. The van der Waals surface area contributed by atoms with Crippen LogP contribution < -0.4 is 10.1 Å². The molecule has 2 aromatic carbocycles. The van der Waals surface area contributed by atoms with Crippen LogP contribution in [-0.2, 0) is 6.61 Å². The lowest BCUT2D eigenvalue weighted by molar-refractivity contribution is 0.0947. The monoisotopic (exact) mass is 359 g/mol. The van der Waals surface area contributed by atoms with Crippen molar-refractivity contribution in [2.24, 2.45) is 5.92 Å². The Morgan fingerprint density at radius 3 is 2.68 bits per heavy atom. The largest absolute Gasteiger partial charge is 0.488 e. The van der Waals surface area contributed by atoms with Gasteiger partial charge in [-0.1, -0.05) is 46.3 Å². The molecular formula is C18H18BrNO2. The Morgan fingerprint density at radius 1 is 1.18 bits per heavy atom. The quantitative estimate of drug-likeness (QED) is 0.840. The summed E-state index contributed by atoms with van der Waals surface area (Å²) in [5.41, 5.74) is 1.65. The van der Waals surface area contributed by atoms with Gasteiger partial charge < -0.3 is 10.1 Å². The normalized spacial score (nSPS) is 13.7. The van der Waals surface area contributed by atoms with E-state index < -0.39 is 0 Å². The Hall–Kier alpha value is -1.81. The number of nitrogens with one attached hydrogen (secondary N) is 1. The number of halogens is 1. The van der Waals surface area contributed by atoms with Crippen LogP contribution in [0, 0.1) is 5.92 Å². The topological polar surface area (TPSA) is 38.3 Å². The second kappa shape index (κ2) is 6.97. The molecule has 1 fully saturated rings. The van der Waals surface area contributed by atoms with E-state index in [0.717, 1.165) is 16.6 Å². The molecule has 1 N–H and O–H groups in total. The standard InChI is InChI=1S/C18H18BrNO2/c19-15-8-9-17(22-12-14-4-2-1-3-5-14)16(10-15)18(21)20-11-13-6-7-13/h1-5,8-10,13H,6-7,11-12H2,(H,20,21). The van der Waals surface area contributed by atoms with Crippen molar-refractivity contribution in [3.63, 3.8) is 0 Å². The van der Waals surface area contributed by atoms with Gasteiger partial charge in [0.1, 0.15) is 12.4 Å². The highest BCUT2D eigenvalue weighted by Crippen LogP contribution is 2.28. The van der Waals surface area contributed by atoms with Gasteiger partial charge >= 0.3 is 0 Å². The van der Waals surface area contributed by atoms with Gasteiger partial charge in [0.2, 0.25) is 0 Å². The molecule has 3 rings (SSSR count). The third-order valence-electron chi connectivity index (χ3n) is 3.67. The molecule has 1 aliphatic carbocycles. The fourth-order valence-corrected chi connectivity index (χ4v) is 2.56. The Kier molecular flexibility index (Phi) is 4.78. The minimum Gasteiger partial charge on any atom is -0.488 e.